The molecule has 1 amide bonds. The molecule has 1 fully saturated rings. The molecule has 0 spiro atoms. The number of carbonyl (C=O) groups is 1. The smallest absolute Gasteiger partial charge is 0.245 e. The molecule has 19 heavy (non-hydrogen) atoms. The van der Waals surface area contributed by atoms with E-state index >= 15 is 0 Å². The number of nitrogens with one attached hydrogen (secondary N) is 1. The average Bonchev–Trinajstić information content (AvgIpc) is 2.39. The zero-order valence-corrected chi connectivity index (χ0v) is 11.6. The van der Waals surface area contributed by atoms with Crippen LogP contribution in [0.3, 0.4) is 0 Å². The van der Waals surface area contributed by atoms with Crippen LogP contribution < -0.4 is 11.1 Å². The maximum absolute atomic E-state index is 12.5. The summed E-state index contributed by atoms with van der Waals surface area (Å²) in [6.45, 7) is 0.855. The van der Waals surface area contributed by atoms with E-state index in [1.807, 2.05) is 0 Å². The van der Waals surface area contributed by atoms with Crippen molar-refractivity contribution in [2.75, 3.05) is 19.6 Å². The highest BCUT2D eigenvalue weighted by Gasteiger charge is 2.37. The number of carbonyl (C=O) groups excluding carboxylic acids is 1. The van der Waals surface area contributed by atoms with Gasteiger partial charge in [0.25, 0.3) is 0 Å². The third-order valence-electron chi connectivity index (χ3n) is 2.95. The molecule has 0 radical (unpaired) electrons. The topological polar surface area (TPSA) is 92.5 Å². The fourth-order valence-corrected chi connectivity index (χ4v) is 4.09. The molecule has 8 heteroatoms. The minimum Gasteiger partial charge on any atom is -0.368 e. The molecule has 0 bridgehead atoms. The summed E-state index contributed by atoms with van der Waals surface area (Å²) in [5.74, 6) is -0.678. The van der Waals surface area contributed by atoms with Crippen LogP contribution in [0.25, 0.3) is 0 Å². The molecule has 0 aromatic heterocycles. The van der Waals surface area contributed by atoms with Gasteiger partial charge in [0, 0.05) is 19.6 Å². The molecule has 1 unspecified atom stereocenters. The lowest BCUT2D eigenvalue weighted by Crippen LogP contribution is -2.58. The number of piperazine rings is 1. The summed E-state index contributed by atoms with van der Waals surface area (Å²) in [6.07, 6.45) is 0. The second kappa shape index (κ2) is 5.46. The van der Waals surface area contributed by atoms with Gasteiger partial charge >= 0.3 is 0 Å². The van der Waals surface area contributed by atoms with Gasteiger partial charge < -0.3 is 11.1 Å². The number of sulfonamides is 1. The molecule has 1 aliphatic rings. The van der Waals surface area contributed by atoms with Crippen LogP contribution in [0.1, 0.15) is 0 Å². The first-order valence-corrected chi connectivity index (χ1v) is 7.53. The first-order chi connectivity index (χ1) is 8.94. The summed E-state index contributed by atoms with van der Waals surface area (Å²) in [7, 11) is -3.83. The Labute approximate surface area is 116 Å². The SMILES string of the molecule is NC(=O)C1CNCCN1S(=O)(=O)c1ccccc1Cl. The Balaban J connectivity index is 2.43. The Morgan fingerprint density at radius 2 is 2.11 bits per heavy atom. The zero-order valence-electron chi connectivity index (χ0n) is 10.0. The third kappa shape index (κ3) is 2.74. The highest BCUT2D eigenvalue weighted by atomic mass is 35.5. The summed E-state index contributed by atoms with van der Waals surface area (Å²) in [6, 6.07) is 5.24. The van der Waals surface area contributed by atoms with Gasteiger partial charge in [-0.2, -0.15) is 4.31 Å². The molecular weight excluding hydrogens is 290 g/mol. The van der Waals surface area contributed by atoms with Gasteiger partial charge in [0.2, 0.25) is 15.9 Å². The minimum absolute atomic E-state index is 0.00943. The van der Waals surface area contributed by atoms with Gasteiger partial charge in [-0.25, -0.2) is 8.42 Å². The van der Waals surface area contributed by atoms with E-state index in [1.54, 1.807) is 12.1 Å². The predicted molar refractivity (Wildman–Crippen MR) is 71.2 cm³/mol. The van der Waals surface area contributed by atoms with Crippen LogP contribution in [0.15, 0.2) is 29.2 Å². The molecule has 0 aliphatic carbocycles. The normalized spacial score (nSPS) is 21.2. The average molecular weight is 304 g/mol. The number of nitrogens with two attached hydrogens (primary N) is 1. The van der Waals surface area contributed by atoms with E-state index in [0.29, 0.717) is 6.54 Å². The van der Waals surface area contributed by atoms with Crippen molar-refractivity contribution in [1.82, 2.24) is 9.62 Å². The van der Waals surface area contributed by atoms with Gasteiger partial charge in [-0.05, 0) is 12.1 Å². The van der Waals surface area contributed by atoms with E-state index in [4.69, 9.17) is 17.3 Å². The Kier molecular flexibility index (Phi) is 4.10. The Hall–Kier alpha value is -1.15. The number of nitrogens with zero attached hydrogens (tertiary/aromatic N) is 1. The second-order valence-corrected chi connectivity index (χ2v) is 6.43. The molecule has 3 N–H and O–H groups in total. The quantitative estimate of drug-likeness (QED) is 0.808. The largest absolute Gasteiger partial charge is 0.368 e. The predicted octanol–water partition coefficient (Wildman–Crippen LogP) is -0.212. The van der Waals surface area contributed by atoms with E-state index in [-0.39, 0.29) is 23.0 Å². The van der Waals surface area contributed by atoms with Crippen LogP contribution >= 0.6 is 11.6 Å². The summed E-state index contributed by atoms with van der Waals surface area (Å²) < 4.78 is 26.2. The van der Waals surface area contributed by atoms with E-state index in [0.717, 1.165) is 4.31 Å². The van der Waals surface area contributed by atoms with Gasteiger partial charge in [0.05, 0.1) is 5.02 Å². The van der Waals surface area contributed by atoms with Crippen molar-refractivity contribution < 1.29 is 13.2 Å². The Bertz CT molecular complexity index is 591. The number of primary amides is 1. The van der Waals surface area contributed by atoms with Crippen molar-refractivity contribution in [1.29, 1.82) is 0 Å². The van der Waals surface area contributed by atoms with Crippen molar-refractivity contribution in [3.8, 4) is 0 Å². The van der Waals surface area contributed by atoms with E-state index in [2.05, 4.69) is 5.32 Å². The standard InChI is InChI=1S/C11H14ClN3O3S/c12-8-3-1-2-4-10(8)19(17,18)15-6-5-14-7-9(15)11(13)16/h1-4,9,14H,5-7H2,(H2,13,16). The van der Waals surface area contributed by atoms with Crippen molar-refractivity contribution in [2.45, 2.75) is 10.9 Å². The molecule has 104 valence electrons. The van der Waals surface area contributed by atoms with Crippen LogP contribution in [0.4, 0.5) is 0 Å². The van der Waals surface area contributed by atoms with Gasteiger partial charge in [-0.3, -0.25) is 4.79 Å². The molecule has 6 nitrogen and oxygen atoms in total. The number of hydrogen-bond acceptors (Lipinski definition) is 4. The summed E-state index contributed by atoms with van der Waals surface area (Å²) in [4.78, 5) is 11.4. The lowest BCUT2D eigenvalue weighted by Gasteiger charge is -2.33. The lowest BCUT2D eigenvalue weighted by atomic mass is 10.2. The van der Waals surface area contributed by atoms with E-state index in [1.165, 1.54) is 12.1 Å². The Morgan fingerprint density at radius 1 is 1.42 bits per heavy atom. The van der Waals surface area contributed by atoms with Gasteiger partial charge in [-0.15, -0.1) is 0 Å². The number of halogens is 1. The highest BCUT2D eigenvalue weighted by molar-refractivity contribution is 7.89. The van der Waals surface area contributed by atoms with Crippen LogP contribution in [-0.2, 0) is 14.8 Å². The minimum atomic E-state index is -3.83. The van der Waals surface area contributed by atoms with E-state index in [9.17, 15) is 13.2 Å². The van der Waals surface area contributed by atoms with Crippen LogP contribution in [0, 0.1) is 0 Å². The van der Waals surface area contributed by atoms with Crippen molar-refractivity contribution in [3.05, 3.63) is 29.3 Å². The fourth-order valence-electron chi connectivity index (χ4n) is 2.00. The molecule has 0 saturated carbocycles. The fraction of sp³-hybridized carbons (Fsp3) is 0.364. The molecule has 2 rings (SSSR count). The molecule has 1 heterocycles. The molecule has 1 aromatic rings. The van der Waals surface area contributed by atoms with Crippen molar-refractivity contribution in [3.63, 3.8) is 0 Å². The number of hydrogen-bond donors (Lipinski definition) is 2. The monoisotopic (exact) mass is 303 g/mol. The van der Waals surface area contributed by atoms with Crippen molar-refractivity contribution in [2.24, 2.45) is 5.73 Å². The molecule has 1 saturated heterocycles. The molecule has 1 atom stereocenters. The van der Waals surface area contributed by atoms with Crippen LogP contribution in [-0.4, -0.2) is 44.3 Å². The van der Waals surface area contributed by atoms with Crippen molar-refractivity contribution >= 4 is 27.5 Å². The summed E-state index contributed by atoms with van der Waals surface area (Å²) in [5, 5.41) is 3.07. The summed E-state index contributed by atoms with van der Waals surface area (Å²) in [5.41, 5.74) is 5.25. The first-order valence-electron chi connectivity index (χ1n) is 5.71. The van der Waals surface area contributed by atoms with Gasteiger partial charge in [-0.1, -0.05) is 23.7 Å². The van der Waals surface area contributed by atoms with Gasteiger partial charge in [0.15, 0.2) is 0 Å². The maximum atomic E-state index is 12.5. The Morgan fingerprint density at radius 3 is 2.74 bits per heavy atom. The van der Waals surface area contributed by atoms with Crippen LogP contribution in [0.2, 0.25) is 5.02 Å². The molecule has 1 aliphatic heterocycles. The third-order valence-corrected chi connectivity index (χ3v) is 5.35. The number of rotatable bonds is 3. The highest BCUT2D eigenvalue weighted by Crippen LogP contribution is 2.25. The number of benzene rings is 1. The zero-order chi connectivity index (χ0) is 14.0. The second-order valence-electron chi connectivity index (χ2n) is 4.17. The first kappa shape index (κ1) is 14.3. The lowest BCUT2D eigenvalue weighted by molar-refractivity contribution is -0.122. The van der Waals surface area contributed by atoms with Crippen LogP contribution in [0.5, 0.6) is 0 Å². The van der Waals surface area contributed by atoms with E-state index < -0.39 is 22.0 Å². The number of amides is 1. The molecule has 1 aromatic carbocycles. The summed E-state index contributed by atoms with van der Waals surface area (Å²) >= 11 is 5.92. The molecular formula is C11H14ClN3O3S. The van der Waals surface area contributed by atoms with Gasteiger partial charge in [0.1, 0.15) is 10.9 Å². The maximum Gasteiger partial charge on any atom is 0.245 e.